The van der Waals surface area contributed by atoms with Crippen LogP contribution in [-0.4, -0.2) is 55.3 Å². The van der Waals surface area contributed by atoms with Gasteiger partial charge in [0, 0.05) is 18.0 Å². The smallest absolute Gasteiger partial charge is 0.348 e. The summed E-state index contributed by atoms with van der Waals surface area (Å²) in [5.41, 5.74) is 1.29. The second-order valence-electron chi connectivity index (χ2n) is 6.54. The number of piperidine rings is 1. The van der Waals surface area contributed by atoms with E-state index in [0.717, 1.165) is 32.5 Å². The van der Waals surface area contributed by atoms with Crippen LogP contribution in [-0.2, 0) is 16.1 Å². The molecule has 1 heterocycles. The van der Waals surface area contributed by atoms with Crippen LogP contribution in [0, 0.1) is 5.92 Å². The van der Waals surface area contributed by atoms with Crippen molar-refractivity contribution in [3.05, 3.63) is 29.8 Å². The van der Waals surface area contributed by atoms with Crippen molar-refractivity contribution in [1.29, 1.82) is 0 Å². The van der Waals surface area contributed by atoms with Crippen LogP contribution in [0.5, 0.6) is 0 Å². The minimum Gasteiger partial charge on any atom is -0.348 e. The number of alkyl halides is 3. The fourth-order valence-electron chi connectivity index (χ4n) is 3.00. The third kappa shape index (κ3) is 7.42. The molecule has 150 valence electrons. The normalized spacial score (nSPS) is 16.1. The summed E-state index contributed by atoms with van der Waals surface area (Å²) in [5.74, 6) is -2.05. The van der Waals surface area contributed by atoms with Gasteiger partial charge in [0.25, 0.3) is 0 Å². The highest BCUT2D eigenvalue weighted by Crippen LogP contribution is 2.24. The van der Waals surface area contributed by atoms with Crippen LogP contribution in [0.15, 0.2) is 29.2 Å². The first-order valence-electron chi connectivity index (χ1n) is 8.75. The van der Waals surface area contributed by atoms with Gasteiger partial charge in [0.15, 0.2) is 0 Å². The van der Waals surface area contributed by atoms with E-state index in [-0.39, 0.29) is 5.92 Å². The van der Waals surface area contributed by atoms with E-state index in [1.165, 1.54) is 10.5 Å². The minimum absolute atomic E-state index is 0.219. The highest BCUT2D eigenvalue weighted by Gasteiger charge is 2.29. The number of likely N-dealkylation sites (tertiary alicyclic amines) is 1. The number of amides is 2. The minimum atomic E-state index is -4.53. The van der Waals surface area contributed by atoms with Gasteiger partial charge in [0.1, 0.15) is 6.54 Å². The zero-order valence-corrected chi connectivity index (χ0v) is 16.0. The molecule has 1 fully saturated rings. The molecule has 2 amide bonds. The van der Waals surface area contributed by atoms with E-state index in [1.807, 2.05) is 12.1 Å². The van der Waals surface area contributed by atoms with E-state index in [4.69, 9.17) is 0 Å². The number of halogens is 3. The van der Waals surface area contributed by atoms with Crippen LogP contribution in [0.2, 0.25) is 0 Å². The van der Waals surface area contributed by atoms with E-state index >= 15 is 0 Å². The second-order valence-corrected chi connectivity index (χ2v) is 7.39. The molecule has 2 N–H and O–H groups in total. The first kappa shape index (κ1) is 21.6. The predicted molar refractivity (Wildman–Crippen MR) is 98.3 cm³/mol. The van der Waals surface area contributed by atoms with Crippen LogP contribution in [0.4, 0.5) is 13.2 Å². The molecule has 1 aliphatic heterocycles. The van der Waals surface area contributed by atoms with Crippen molar-refractivity contribution in [2.24, 2.45) is 5.92 Å². The standard InChI is InChI=1S/C18H24F3N3O2S/c1-27-15-5-3-2-4-14(15)11-24-8-6-13(7-9-24)10-22-16(25)17(26)23-12-18(19,20)21/h2-5,13H,6-12H2,1H3,(H,22,25)(H,23,26). The molecule has 1 aliphatic rings. The molecule has 1 aromatic rings. The second kappa shape index (κ2) is 9.98. The van der Waals surface area contributed by atoms with Gasteiger partial charge in [0.2, 0.25) is 0 Å². The maximum atomic E-state index is 12.0. The molecule has 0 unspecified atom stereocenters. The van der Waals surface area contributed by atoms with Crippen LogP contribution >= 0.6 is 11.8 Å². The molecule has 5 nitrogen and oxygen atoms in total. The van der Waals surface area contributed by atoms with Crippen molar-refractivity contribution in [3.63, 3.8) is 0 Å². The van der Waals surface area contributed by atoms with Gasteiger partial charge < -0.3 is 10.6 Å². The summed E-state index contributed by atoms with van der Waals surface area (Å²) >= 11 is 1.72. The summed E-state index contributed by atoms with van der Waals surface area (Å²) in [6.07, 6.45) is -0.742. The molecular formula is C18H24F3N3O2S. The molecule has 0 aliphatic carbocycles. The van der Waals surface area contributed by atoms with Gasteiger partial charge in [-0.05, 0) is 49.7 Å². The van der Waals surface area contributed by atoms with Crippen LogP contribution in [0.3, 0.4) is 0 Å². The van der Waals surface area contributed by atoms with Crippen molar-refractivity contribution in [2.45, 2.75) is 30.5 Å². The lowest BCUT2D eigenvalue weighted by Crippen LogP contribution is -2.45. The maximum Gasteiger partial charge on any atom is 0.405 e. The number of hydrogen-bond donors (Lipinski definition) is 2. The third-order valence-electron chi connectivity index (χ3n) is 4.50. The summed E-state index contributed by atoms with van der Waals surface area (Å²) in [5, 5.41) is 4.00. The lowest BCUT2D eigenvalue weighted by atomic mass is 9.96. The molecule has 0 saturated carbocycles. The monoisotopic (exact) mass is 403 g/mol. The summed E-state index contributed by atoms with van der Waals surface area (Å²) < 4.78 is 36.1. The zero-order valence-electron chi connectivity index (χ0n) is 15.1. The maximum absolute atomic E-state index is 12.0. The van der Waals surface area contributed by atoms with Crippen molar-refractivity contribution in [3.8, 4) is 0 Å². The number of carbonyl (C=O) groups is 2. The van der Waals surface area contributed by atoms with Crippen molar-refractivity contribution in [2.75, 3.05) is 32.4 Å². The largest absolute Gasteiger partial charge is 0.405 e. The Balaban J connectivity index is 1.70. The summed E-state index contributed by atoms with van der Waals surface area (Å²) in [6.45, 7) is 1.42. The Kier molecular flexibility index (Phi) is 7.97. The van der Waals surface area contributed by atoms with Gasteiger partial charge in [-0.2, -0.15) is 13.2 Å². The molecule has 1 saturated heterocycles. The number of hydrogen-bond acceptors (Lipinski definition) is 4. The molecule has 0 bridgehead atoms. The topological polar surface area (TPSA) is 61.4 Å². The first-order valence-corrected chi connectivity index (χ1v) is 9.98. The molecule has 0 spiro atoms. The number of nitrogens with zero attached hydrogens (tertiary/aromatic N) is 1. The lowest BCUT2D eigenvalue weighted by molar-refractivity contribution is -0.146. The van der Waals surface area contributed by atoms with Crippen molar-refractivity contribution < 1.29 is 22.8 Å². The van der Waals surface area contributed by atoms with E-state index in [0.29, 0.717) is 6.54 Å². The van der Waals surface area contributed by atoms with Crippen LogP contribution in [0.1, 0.15) is 18.4 Å². The Morgan fingerprint density at radius 1 is 1.15 bits per heavy atom. The average Bonchev–Trinajstić information content (AvgIpc) is 2.65. The Morgan fingerprint density at radius 3 is 2.41 bits per heavy atom. The van der Waals surface area contributed by atoms with Gasteiger partial charge in [0.05, 0.1) is 0 Å². The summed E-state index contributed by atoms with van der Waals surface area (Å²) in [6, 6.07) is 8.28. The highest BCUT2D eigenvalue weighted by molar-refractivity contribution is 7.98. The number of rotatable bonds is 6. The van der Waals surface area contributed by atoms with Crippen LogP contribution in [0.25, 0.3) is 0 Å². The SMILES string of the molecule is CSc1ccccc1CN1CCC(CNC(=O)C(=O)NCC(F)(F)F)CC1. The third-order valence-corrected chi connectivity index (χ3v) is 5.34. The quantitative estimate of drug-likeness (QED) is 0.566. The van der Waals surface area contributed by atoms with Gasteiger partial charge in [-0.25, -0.2) is 0 Å². The Morgan fingerprint density at radius 2 is 1.78 bits per heavy atom. The van der Waals surface area contributed by atoms with Crippen LogP contribution < -0.4 is 10.6 Å². The van der Waals surface area contributed by atoms with Gasteiger partial charge in [-0.1, -0.05) is 18.2 Å². The van der Waals surface area contributed by atoms with E-state index in [2.05, 4.69) is 28.6 Å². The van der Waals surface area contributed by atoms with Gasteiger partial charge >= 0.3 is 18.0 Å². The fraction of sp³-hybridized carbons (Fsp3) is 0.556. The van der Waals surface area contributed by atoms with Gasteiger partial charge in [-0.15, -0.1) is 11.8 Å². The Hall–Kier alpha value is -1.74. The first-order chi connectivity index (χ1) is 12.8. The highest BCUT2D eigenvalue weighted by atomic mass is 32.2. The molecular weight excluding hydrogens is 379 g/mol. The average molecular weight is 403 g/mol. The van der Waals surface area contributed by atoms with Crippen molar-refractivity contribution >= 4 is 23.6 Å². The Labute approximate surface area is 161 Å². The molecule has 0 aromatic heterocycles. The number of benzene rings is 1. The zero-order chi connectivity index (χ0) is 19.9. The number of thioether (sulfide) groups is 1. The molecule has 0 radical (unpaired) electrons. The van der Waals surface area contributed by atoms with Crippen molar-refractivity contribution in [1.82, 2.24) is 15.5 Å². The Bertz CT molecular complexity index is 647. The number of carbonyl (C=O) groups excluding carboxylic acids is 2. The molecule has 27 heavy (non-hydrogen) atoms. The molecule has 9 heteroatoms. The summed E-state index contributed by atoms with van der Waals surface area (Å²) in [4.78, 5) is 26.5. The lowest BCUT2D eigenvalue weighted by Gasteiger charge is -2.32. The molecule has 0 atom stereocenters. The van der Waals surface area contributed by atoms with E-state index < -0.39 is 24.5 Å². The van der Waals surface area contributed by atoms with E-state index in [9.17, 15) is 22.8 Å². The fourth-order valence-corrected chi connectivity index (χ4v) is 3.61. The molecule has 2 rings (SSSR count). The number of nitrogens with one attached hydrogen (secondary N) is 2. The summed E-state index contributed by atoms with van der Waals surface area (Å²) in [7, 11) is 0. The predicted octanol–water partition coefficient (Wildman–Crippen LogP) is 2.42. The van der Waals surface area contributed by atoms with Gasteiger partial charge in [-0.3, -0.25) is 14.5 Å². The van der Waals surface area contributed by atoms with E-state index in [1.54, 1.807) is 17.1 Å². The molecule has 1 aromatic carbocycles.